The third-order valence-electron chi connectivity index (χ3n) is 3.08. The maximum atomic E-state index is 5.62. The summed E-state index contributed by atoms with van der Waals surface area (Å²) < 4.78 is 11.2. The summed E-state index contributed by atoms with van der Waals surface area (Å²) in [4.78, 5) is 2.62. The first-order valence-electron chi connectivity index (χ1n) is 6.82. The molecule has 0 aromatic rings. The van der Waals surface area contributed by atoms with Gasteiger partial charge in [0, 0.05) is 13.2 Å². The van der Waals surface area contributed by atoms with E-state index in [1.54, 1.807) is 0 Å². The van der Waals surface area contributed by atoms with Crippen molar-refractivity contribution in [3.8, 4) is 0 Å². The van der Waals surface area contributed by atoms with Crippen LogP contribution in [0.4, 0.5) is 0 Å². The lowest BCUT2D eigenvalue weighted by atomic mass is 10.2. The fourth-order valence-corrected chi connectivity index (χ4v) is 4.06. The molecule has 1 aliphatic rings. The Balaban J connectivity index is 2.18. The molecule has 4 heteroatoms. The molecule has 1 rings (SSSR count). The molecule has 96 valence electrons. The Morgan fingerprint density at radius 2 is 1.56 bits per heavy atom. The minimum absolute atomic E-state index is 0.137. The van der Waals surface area contributed by atoms with Crippen LogP contribution in [0.1, 0.15) is 39.5 Å². The number of hydrogen-bond donors (Lipinski definition) is 0. The molecule has 0 saturated carbocycles. The normalized spacial score (nSPS) is 19.7. The highest BCUT2D eigenvalue weighted by Crippen LogP contribution is 2.09. The van der Waals surface area contributed by atoms with Crippen LogP contribution in [0.2, 0.25) is 0 Å². The molecule has 0 aromatic heterocycles. The Labute approximate surface area is 102 Å². The van der Waals surface area contributed by atoms with Gasteiger partial charge in [0.1, 0.15) is 15.4 Å². The van der Waals surface area contributed by atoms with Gasteiger partial charge in [0.25, 0.3) is 0 Å². The second-order valence-electron chi connectivity index (χ2n) is 4.38. The molecule has 1 fully saturated rings. The van der Waals surface area contributed by atoms with Crippen LogP contribution in [0.25, 0.3) is 0 Å². The SMILES string of the molecule is CCOC(OCC)[SiH2]CN1CCCCCC1. The first kappa shape index (κ1) is 14.2. The van der Waals surface area contributed by atoms with E-state index in [2.05, 4.69) is 4.90 Å². The van der Waals surface area contributed by atoms with Crippen molar-refractivity contribution in [3.63, 3.8) is 0 Å². The quantitative estimate of drug-likeness (QED) is 0.499. The van der Waals surface area contributed by atoms with Crippen LogP contribution in [0.15, 0.2) is 0 Å². The average molecular weight is 245 g/mol. The number of likely N-dealkylation sites (tertiary alicyclic amines) is 1. The molecule has 16 heavy (non-hydrogen) atoms. The van der Waals surface area contributed by atoms with Gasteiger partial charge in [-0.2, -0.15) is 0 Å². The third kappa shape index (κ3) is 5.99. The van der Waals surface area contributed by atoms with Crippen LogP contribution in [0.5, 0.6) is 0 Å². The van der Waals surface area contributed by atoms with Crippen molar-refractivity contribution in [2.24, 2.45) is 0 Å². The summed E-state index contributed by atoms with van der Waals surface area (Å²) in [5.74, 6) is 0.137. The zero-order valence-corrected chi connectivity index (χ0v) is 12.3. The molecule has 0 N–H and O–H groups in total. The van der Waals surface area contributed by atoms with Crippen LogP contribution in [0, 0.1) is 0 Å². The number of nitrogens with zero attached hydrogens (tertiary/aromatic N) is 1. The van der Waals surface area contributed by atoms with Crippen molar-refractivity contribution < 1.29 is 9.47 Å². The van der Waals surface area contributed by atoms with E-state index in [1.165, 1.54) is 44.9 Å². The van der Waals surface area contributed by atoms with E-state index in [1.807, 2.05) is 13.8 Å². The minimum atomic E-state index is -0.275. The summed E-state index contributed by atoms with van der Waals surface area (Å²) in [5, 5.41) is 0. The molecule has 0 unspecified atom stereocenters. The van der Waals surface area contributed by atoms with E-state index in [0.29, 0.717) is 0 Å². The molecule has 0 aliphatic carbocycles. The van der Waals surface area contributed by atoms with Gasteiger partial charge in [-0.3, -0.25) is 0 Å². The summed E-state index contributed by atoms with van der Waals surface area (Å²) in [6.07, 6.45) is 6.84. The van der Waals surface area contributed by atoms with Gasteiger partial charge in [-0.1, -0.05) is 12.8 Å². The predicted octanol–water partition coefficient (Wildman–Crippen LogP) is 1.35. The zero-order chi connectivity index (χ0) is 11.6. The van der Waals surface area contributed by atoms with Gasteiger partial charge in [-0.25, -0.2) is 0 Å². The van der Waals surface area contributed by atoms with Gasteiger partial charge < -0.3 is 14.4 Å². The fraction of sp³-hybridized carbons (Fsp3) is 1.00. The molecule has 3 nitrogen and oxygen atoms in total. The topological polar surface area (TPSA) is 21.7 Å². The lowest BCUT2D eigenvalue weighted by molar-refractivity contribution is -0.0833. The third-order valence-corrected chi connectivity index (χ3v) is 4.92. The Hall–Kier alpha value is 0.0969. The molecule has 0 atom stereocenters. The molecule has 0 radical (unpaired) electrons. The zero-order valence-electron chi connectivity index (χ0n) is 10.9. The number of hydrogen-bond acceptors (Lipinski definition) is 3. The molecule has 0 amide bonds. The van der Waals surface area contributed by atoms with Crippen molar-refractivity contribution >= 4 is 9.52 Å². The Bertz CT molecular complexity index is 153. The van der Waals surface area contributed by atoms with Crippen molar-refractivity contribution in [1.29, 1.82) is 0 Å². The molecule has 1 heterocycles. The first-order chi connectivity index (χ1) is 7.86. The monoisotopic (exact) mass is 245 g/mol. The van der Waals surface area contributed by atoms with E-state index in [4.69, 9.17) is 9.47 Å². The highest BCUT2D eigenvalue weighted by atomic mass is 28.2. The smallest absolute Gasteiger partial charge is 0.136 e. The summed E-state index contributed by atoms with van der Waals surface area (Å²) in [5.41, 5.74) is 0. The molecule has 0 aromatic carbocycles. The van der Waals surface area contributed by atoms with E-state index in [0.717, 1.165) is 13.2 Å². The van der Waals surface area contributed by atoms with Crippen LogP contribution in [-0.2, 0) is 9.47 Å². The van der Waals surface area contributed by atoms with Gasteiger partial charge in [-0.05, 0) is 45.9 Å². The average Bonchev–Trinajstić information content (AvgIpc) is 2.55. The summed E-state index contributed by atoms with van der Waals surface area (Å²) in [6.45, 7) is 8.23. The van der Waals surface area contributed by atoms with Gasteiger partial charge in [0.05, 0.1) is 0 Å². The van der Waals surface area contributed by atoms with Crippen LogP contribution >= 0.6 is 0 Å². The molecule has 1 saturated heterocycles. The minimum Gasteiger partial charge on any atom is -0.357 e. The largest absolute Gasteiger partial charge is 0.357 e. The maximum absolute atomic E-state index is 5.62. The molecular weight excluding hydrogens is 218 g/mol. The van der Waals surface area contributed by atoms with Crippen LogP contribution in [-0.4, -0.2) is 52.8 Å². The van der Waals surface area contributed by atoms with E-state index >= 15 is 0 Å². The van der Waals surface area contributed by atoms with Crippen molar-refractivity contribution in [1.82, 2.24) is 4.90 Å². The lowest BCUT2D eigenvalue weighted by Crippen LogP contribution is -2.36. The highest BCUT2D eigenvalue weighted by Gasteiger charge is 2.13. The number of ether oxygens (including phenoxy) is 2. The van der Waals surface area contributed by atoms with E-state index < -0.39 is 0 Å². The van der Waals surface area contributed by atoms with Crippen molar-refractivity contribution in [2.75, 3.05) is 32.5 Å². The second kappa shape index (κ2) is 9.16. The van der Waals surface area contributed by atoms with Gasteiger partial charge in [0.2, 0.25) is 0 Å². The first-order valence-corrected chi connectivity index (χ1v) is 8.64. The molecule has 0 bridgehead atoms. The van der Waals surface area contributed by atoms with Crippen LogP contribution in [0.3, 0.4) is 0 Å². The summed E-state index contributed by atoms with van der Waals surface area (Å²) >= 11 is 0. The van der Waals surface area contributed by atoms with Crippen LogP contribution < -0.4 is 0 Å². The van der Waals surface area contributed by atoms with Crippen molar-refractivity contribution in [3.05, 3.63) is 0 Å². The predicted molar refractivity (Wildman–Crippen MR) is 70.5 cm³/mol. The van der Waals surface area contributed by atoms with Gasteiger partial charge >= 0.3 is 0 Å². The number of rotatable bonds is 7. The Kier molecular flexibility index (Phi) is 8.11. The standard InChI is InChI=1S/C12H27NO2Si/c1-3-14-12(15-4-2)16-11-13-9-7-5-6-8-10-13/h12H,3-11,16H2,1-2H3. The Morgan fingerprint density at radius 3 is 2.06 bits per heavy atom. The lowest BCUT2D eigenvalue weighted by Gasteiger charge is -2.23. The Morgan fingerprint density at radius 1 is 1.00 bits per heavy atom. The molecule has 0 spiro atoms. The fourth-order valence-electron chi connectivity index (χ4n) is 2.23. The van der Waals surface area contributed by atoms with E-state index in [9.17, 15) is 0 Å². The van der Waals surface area contributed by atoms with Gasteiger partial charge in [-0.15, -0.1) is 0 Å². The van der Waals surface area contributed by atoms with E-state index in [-0.39, 0.29) is 15.4 Å². The van der Waals surface area contributed by atoms with Crippen molar-refractivity contribution in [2.45, 2.75) is 45.4 Å². The van der Waals surface area contributed by atoms with Gasteiger partial charge in [0.15, 0.2) is 0 Å². The summed E-state index contributed by atoms with van der Waals surface area (Å²) in [7, 11) is -0.275. The second-order valence-corrected chi connectivity index (χ2v) is 6.08. The molecular formula is C12H27NO2Si. The highest BCUT2D eigenvalue weighted by molar-refractivity contribution is 6.36. The maximum Gasteiger partial charge on any atom is 0.136 e. The summed E-state index contributed by atoms with van der Waals surface area (Å²) in [6, 6.07) is 0. The molecule has 1 aliphatic heterocycles.